The number of hydrogen-bond donors (Lipinski definition) is 6. The van der Waals surface area contributed by atoms with E-state index < -0.39 is 49.5 Å². The number of unbranched alkanes of at least 4 members (excludes halogenated alkanes) is 35. The van der Waals surface area contributed by atoms with Crippen LogP contribution in [0.15, 0.2) is 24.3 Å². The van der Waals surface area contributed by atoms with Crippen molar-refractivity contribution >= 4 is 5.91 Å². The average molecular weight is 908 g/mol. The third-order valence-electron chi connectivity index (χ3n) is 13.3. The van der Waals surface area contributed by atoms with Crippen molar-refractivity contribution in [3.63, 3.8) is 0 Å². The van der Waals surface area contributed by atoms with Gasteiger partial charge in [-0.05, 0) is 25.7 Å². The second-order valence-electron chi connectivity index (χ2n) is 19.4. The van der Waals surface area contributed by atoms with Gasteiger partial charge in [0.05, 0.1) is 25.4 Å². The molecule has 9 heteroatoms. The Morgan fingerprint density at radius 2 is 0.891 bits per heavy atom. The third kappa shape index (κ3) is 34.9. The highest BCUT2D eigenvalue weighted by atomic mass is 16.7. The van der Waals surface area contributed by atoms with E-state index in [9.17, 15) is 30.3 Å². The van der Waals surface area contributed by atoms with Gasteiger partial charge in [0.15, 0.2) is 6.29 Å². The first-order valence-corrected chi connectivity index (χ1v) is 27.6. The molecule has 378 valence electrons. The molecule has 64 heavy (non-hydrogen) atoms. The predicted octanol–water partition coefficient (Wildman–Crippen LogP) is 13.0. The lowest BCUT2D eigenvalue weighted by molar-refractivity contribution is -0.302. The molecule has 9 nitrogen and oxygen atoms in total. The van der Waals surface area contributed by atoms with Crippen LogP contribution in [0.5, 0.6) is 0 Å². The van der Waals surface area contributed by atoms with Crippen molar-refractivity contribution in [2.24, 2.45) is 0 Å². The third-order valence-corrected chi connectivity index (χ3v) is 13.3. The number of carbonyl (C=O) groups is 1. The molecular formula is C55H105NO8. The number of carbonyl (C=O) groups excluding carboxylic acids is 1. The first-order chi connectivity index (χ1) is 31.3. The summed E-state index contributed by atoms with van der Waals surface area (Å²) in [6, 6.07) is -0.815. The Labute approximate surface area is 394 Å². The Balaban J connectivity index is 2.00. The topological polar surface area (TPSA) is 149 Å². The minimum atomic E-state index is -1.57. The van der Waals surface area contributed by atoms with Gasteiger partial charge < -0.3 is 40.3 Å². The highest BCUT2D eigenvalue weighted by Crippen LogP contribution is 2.23. The van der Waals surface area contributed by atoms with E-state index in [0.717, 1.165) is 44.9 Å². The normalized spacial score (nSPS) is 20.1. The van der Waals surface area contributed by atoms with Gasteiger partial charge in [-0.1, -0.05) is 256 Å². The molecule has 1 heterocycles. The molecule has 0 spiro atoms. The summed E-state index contributed by atoms with van der Waals surface area (Å²) < 4.78 is 11.2. The molecule has 0 aliphatic carbocycles. The maximum atomic E-state index is 12.9. The maximum absolute atomic E-state index is 12.9. The summed E-state index contributed by atoms with van der Waals surface area (Å²) in [5, 5.41) is 53.9. The van der Waals surface area contributed by atoms with Crippen LogP contribution < -0.4 is 5.32 Å². The number of ether oxygens (including phenoxy) is 2. The van der Waals surface area contributed by atoms with Gasteiger partial charge in [-0.25, -0.2) is 0 Å². The maximum Gasteiger partial charge on any atom is 0.220 e. The predicted molar refractivity (Wildman–Crippen MR) is 267 cm³/mol. The van der Waals surface area contributed by atoms with Crippen molar-refractivity contribution in [2.45, 2.75) is 307 Å². The molecule has 0 bridgehead atoms. The summed E-state index contributed by atoms with van der Waals surface area (Å²) in [7, 11) is 0. The number of nitrogens with one attached hydrogen (secondary N) is 1. The highest BCUT2D eigenvalue weighted by Gasteiger charge is 2.44. The second-order valence-corrected chi connectivity index (χ2v) is 19.4. The van der Waals surface area contributed by atoms with Crippen molar-refractivity contribution in [1.29, 1.82) is 0 Å². The van der Waals surface area contributed by atoms with E-state index in [0.29, 0.717) is 6.42 Å². The van der Waals surface area contributed by atoms with E-state index in [1.165, 1.54) is 199 Å². The van der Waals surface area contributed by atoms with Crippen LogP contribution in [0.25, 0.3) is 0 Å². The van der Waals surface area contributed by atoms with Gasteiger partial charge in [0.1, 0.15) is 24.4 Å². The van der Waals surface area contributed by atoms with Gasteiger partial charge in [-0.3, -0.25) is 4.79 Å². The Morgan fingerprint density at radius 1 is 0.516 bits per heavy atom. The lowest BCUT2D eigenvalue weighted by Crippen LogP contribution is -2.60. The standard InChI is InChI=1S/C55H105NO8/c1-3-5-7-9-11-12-13-14-15-16-17-18-19-20-21-22-23-24-25-26-27-28-29-30-31-32-33-34-35-36-37-39-41-43-45-51(59)56-48(49(58)44-42-40-38-10-8-6-4-2)47-63-55-54(62)53(61)52(60)50(46-57)64-55/h8,10,42,44,48-50,52-55,57-58,60-62H,3-7,9,11-41,43,45-47H2,1-2H3,(H,56,59)/b10-8+,44-42+. The molecule has 1 saturated heterocycles. The molecular weight excluding hydrogens is 803 g/mol. The molecule has 1 aliphatic rings. The van der Waals surface area contributed by atoms with Crippen LogP contribution in [0.1, 0.15) is 264 Å². The fraction of sp³-hybridized carbons (Fsp3) is 0.909. The van der Waals surface area contributed by atoms with E-state index in [1.807, 2.05) is 6.08 Å². The zero-order valence-electron chi connectivity index (χ0n) is 41.8. The van der Waals surface area contributed by atoms with Crippen LogP contribution in [-0.4, -0.2) is 87.5 Å². The molecule has 1 fully saturated rings. The minimum Gasteiger partial charge on any atom is -0.394 e. The van der Waals surface area contributed by atoms with Gasteiger partial charge in [0.2, 0.25) is 5.91 Å². The monoisotopic (exact) mass is 908 g/mol. The molecule has 7 atom stereocenters. The molecule has 0 aromatic heterocycles. The molecule has 0 saturated carbocycles. The summed E-state index contributed by atoms with van der Waals surface area (Å²) in [6.07, 6.45) is 50.3. The lowest BCUT2D eigenvalue weighted by atomic mass is 9.99. The summed E-state index contributed by atoms with van der Waals surface area (Å²) in [5.74, 6) is -0.187. The number of aliphatic hydroxyl groups is 5. The van der Waals surface area contributed by atoms with Crippen molar-refractivity contribution < 1.29 is 39.8 Å². The van der Waals surface area contributed by atoms with Crippen LogP contribution in [0.2, 0.25) is 0 Å². The Bertz CT molecular complexity index is 1060. The fourth-order valence-corrected chi connectivity index (χ4v) is 8.89. The number of rotatable bonds is 47. The van der Waals surface area contributed by atoms with Gasteiger partial charge >= 0.3 is 0 Å². The van der Waals surface area contributed by atoms with Crippen molar-refractivity contribution in [2.75, 3.05) is 13.2 Å². The van der Waals surface area contributed by atoms with Crippen LogP contribution in [0.4, 0.5) is 0 Å². The second kappa shape index (κ2) is 45.5. The molecule has 1 rings (SSSR count). The zero-order chi connectivity index (χ0) is 46.6. The van der Waals surface area contributed by atoms with Crippen LogP contribution >= 0.6 is 0 Å². The quantitative estimate of drug-likeness (QED) is 0.0261. The smallest absolute Gasteiger partial charge is 0.220 e. The molecule has 0 aromatic carbocycles. The van der Waals surface area contributed by atoms with Crippen LogP contribution in [0.3, 0.4) is 0 Å². The minimum absolute atomic E-state index is 0.187. The molecule has 7 unspecified atom stereocenters. The molecule has 1 amide bonds. The SMILES string of the molecule is CCC/C=C/CC/C=C/C(O)C(COC1OC(CO)C(O)C(O)C1O)NC(=O)CCCCCCCCCCCCCCCCCCCCCCCCCCCCCCCCCCCC. The average Bonchev–Trinajstić information content (AvgIpc) is 3.29. The number of amides is 1. The number of hydrogen-bond acceptors (Lipinski definition) is 8. The summed E-state index contributed by atoms with van der Waals surface area (Å²) in [6.45, 7) is 3.67. The summed E-state index contributed by atoms with van der Waals surface area (Å²) >= 11 is 0. The first-order valence-electron chi connectivity index (χ1n) is 27.6. The highest BCUT2D eigenvalue weighted by molar-refractivity contribution is 5.76. The van der Waals surface area contributed by atoms with E-state index >= 15 is 0 Å². The van der Waals surface area contributed by atoms with Gasteiger partial charge in [-0.15, -0.1) is 0 Å². The fourth-order valence-electron chi connectivity index (χ4n) is 8.89. The Hall–Kier alpha value is -1.33. The van der Waals surface area contributed by atoms with Crippen molar-refractivity contribution in [3.05, 3.63) is 24.3 Å². The molecule has 0 aromatic rings. The Kier molecular flexibility index (Phi) is 43.1. The molecule has 6 N–H and O–H groups in total. The largest absolute Gasteiger partial charge is 0.394 e. The van der Waals surface area contributed by atoms with Gasteiger partial charge in [0, 0.05) is 6.42 Å². The molecule has 1 aliphatic heterocycles. The molecule has 0 radical (unpaired) electrons. The van der Waals surface area contributed by atoms with E-state index in [1.54, 1.807) is 6.08 Å². The van der Waals surface area contributed by atoms with Crippen LogP contribution in [0, 0.1) is 0 Å². The Morgan fingerprint density at radius 3 is 1.28 bits per heavy atom. The van der Waals surface area contributed by atoms with Gasteiger partial charge in [0.25, 0.3) is 0 Å². The van der Waals surface area contributed by atoms with Crippen molar-refractivity contribution in [3.8, 4) is 0 Å². The van der Waals surface area contributed by atoms with Crippen LogP contribution in [-0.2, 0) is 14.3 Å². The van der Waals surface area contributed by atoms with E-state index in [2.05, 4.69) is 31.3 Å². The van der Waals surface area contributed by atoms with Crippen molar-refractivity contribution in [1.82, 2.24) is 5.32 Å². The zero-order valence-corrected chi connectivity index (χ0v) is 41.8. The van der Waals surface area contributed by atoms with Gasteiger partial charge in [-0.2, -0.15) is 0 Å². The van der Waals surface area contributed by atoms with E-state index in [-0.39, 0.29) is 12.5 Å². The number of allylic oxidation sites excluding steroid dienone is 3. The first kappa shape index (κ1) is 60.7. The summed E-state index contributed by atoms with van der Waals surface area (Å²) in [5.41, 5.74) is 0. The van der Waals surface area contributed by atoms with E-state index in [4.69, 9.17) is 9.47 Å². The summed E-state index contributed by atoms with van der Waals surface area (Å²) in [4.78, 5) is 12.9. The lowest BCUT2D eigenvalue weighted by Gasteiger charge is -2.40. The number of aliphatic hydroxyl groups excluding tert-OH is 5.